The van der Waals surface area contributed by atoms with Crippen LogP contribution in [0.25, 0.3) is 11.3 Å². The van der Waals surface area contributed by atoms with E-state index >= 15 is 0 Å². The normalized spacial score (nSPS) is 10.8. The summed E-state index contributed by atoms with van der Waals surface area (Å²) in [5.74, 6) is 0.621. The summed E-state index contributed by atoms with van der Waals surface area (Å²) in [7, 11) is 0. The van der Waals surface area contributed by atoms with Gasteiger partial charge < -0.3 is 16.8 Å². The van der Waals surface area contributed by atoms with Gasteiger partial charge in [0, 0.05) is 23.9 Å². The van der Waals surface area contributed by atoms with Crippen LogP contribution < -0.4 is 16.8 Å². The predicted molar refractivity (Wildman–Crippen MR) is 109 cm³/mol. The van der Waals surface area contributed by atoms with E-state index < -0.39 is 0 Å². The Labute approximate surface area is 158 Å². The lowest BCUT2D eigenvalue weighted by Gasteiger charge is -2.11. The van der Waals surface area contributed by atoms with Gasteiger partial charge in [0.15, 0.2) is 0 Å². The minimum atomic E-state index is -0.265. The lowest BCUT2D eigenvalue weighted by atomic mass is 10.0. The molecule has 27 heavy (non-hydrogen) atoms. The second-order valence-electron chi connectivity index (χ2n) is 6.63. The smallest absolute Gasteiger partial charge is 0.222 e. The average Bonchev–Trinajstić information content (AvgIpc) is 2.62. The molecule has 0 bridgehead atoms. The van der Waals surface area contributed by atoms with Gasteiger partial charge in [0.1, 0.15) is 11.6 Å². The summed E-state index contributed by atoms with van der Waals surface area (Å²) < 4.78 is 13.8. The highest BCUT2D eigenvalue weighted by molar-refractivity contribution is 5.68. The Morgan fingerprint density at radius 1 is 1.04 bits per heavy atom. The Morgan fingerprint density at radius 2 is 1.85 bits per heavy atom. The molecule has 0 atom stereocenters. The van der Waals surface area contributed by atoms with Crippen LogP contribution in [0.3, 0.4) is 0 Å². The number of hydrogen-bond acceptors (Lipinski definition) is 5. The first-order valence-corrected chi connectivity index (χ1v) is 8.93. The van der Waals surface area contributed by atoms with Crippen LogP contribution in [0.5, 0.6) is 0 Å². The minimum absolute atomic E-state index is 0.223. The maximum Gasteiger partial charge on any atom is 0.222 e. The van der Waals surface area contributed by atoms with E-state index in [-0.39, 0.29) is 11.8 Å². The minimum Gasteiger partial charge on any atom is -0.399 e. The van der Waals surface area contributed by atoms with Gasteiger partial charge in [-0.15, -0.1) is 0 Å². The van der Waals surface area contributed by atoms with Gasteiger partial charge in [-0.05, 0) is 55.5 Å². The summed E-state index contributed by atoms with van der Waals surface area (Å²) >= 11 is 0. The van der Waals surface area contributed by atoms with Gasteiger partial charge in [0.25, 0.3) is 0 Å². The molecular formula is C21H24FN5. The van der Waals surface area contributed by atoms with E-state index in [0.717, 1.165) is 17.7 Å². The van der Waals surface area contributed by atoms with Crippen molar-refractivity contribution in [1.29, 1.82) is 0 Å². The molecule has 1 aromatic heterocycles. The second-order valence-corrected chi connectivity index (χ2v) is 6.63. The molecule has 0 amide bonds. The summed E-state index contributed by atoms with van der Waals surface area (Å²) in [5, 5.41) is 3.25. The number of halogens is 1. The van der Waals surface area contributed by atoms with Gasteiger partial charge in [-0.2, -0.15) is 4.98 Å². The topological polar surface area (TPSA) is 89.8 Å². The lowest BCUT2D eigenvalue weighted by Crippen LogP contribution is -2.08. The zero-order valence-corrected chi connectivity index (χ0v) is 15.6. The highest BCUT2D eigenvalue weighted by atomic mass is 19.1. The van der Waals surface area contributed by atoms with Crippen molar-refractivity contribution in [3.63, 3.8) is 0 Å². The number of hydrogen-bond donors (Lipinski definition) is 3. The Bertz CT molecular complexity index is 955. The van der Waals surface area contributed by atoms with Gasteiger partial charge in [0.2, 0.25) is 5.95 Å². The molecule has 140 valence electrons. The lowest BCUT2D eigenvalue weighted by molar-refractivity contribution is 0.607. The van der Waals surface area contributed by atoms with Crippen LogP contribution in [-0.4, -0.2) is 16.5 Å². The van der Waals surface area contributed by atoms with E-state index in [2.05, 4.69) is 35.2 Å². The number of nitrogens with zero attached hydrogens (tertiary/aromatic N) is 2. The zero-order valence-electron chi connectivity index (χ0n) is 15.6. The van der Waals surface area contributed by atoms with E-state index in [1.54, 1.807) is 12.1 Å². The van der Waals surface area contributed by atoms with Crippen molar-refractivity contribution < 1.29 is 4.39 Å². The maximum atomic E-state index is 13.8. The predicted octanol–water partition coefficient (Wildman–Crippen LogP) is 4.11. The van der Waals surface area contributed by atoms with E-state index in [4.69, 9.17) is 11.5 Å². The van der Waals surface area contributed by atoms with E-state index in [9.17, 15) is 4.39 Å². The third-order valence-corrected chi connectivity index (χ3v) is 4.63. The zero-order chi connectivity index (χ0) is 19.4. The number of rotatable bonds is 6. The first-order valence-electron chi connectivity index (χ1n) is 8.93. The van der Waals surface area contributed by atoms with Crippen molar-refractivity contribution >= 4 is 17.5 Å². The molecule has 0 aliphatic rings. The van der Waals surface area contributed by atoms with E-state index in [1.807, 2.05) is 18.2 Å². The number of aryl methyl sites for hydroxylation is 2. The van der Waals surface area contributed by atoms with Crippen molar-refractivity contribution in [3.8, 4) is 11.3 Å². The van der Waals surface area contributed by atoms with Gasteiger partial charge >= 0.3 is 0 Å². The fraction of sp³-hybridized carbons (Fsp3) is 0.238. The Morgan fingerprint density at radius 3 is 2.63 bits per heavy atom. The van der Waals surface area contributed by atoms with Crippen molar-refractivity contribution in [1.82, 2.24) is 9.97 Å². The SMILES string of the molecule is Cc1cccc(-c2cc(NCCCc3ccc(N)cc3F)nc(N)n2)c1C. The molecule has 0 aliphatic carbocycles. The number of benzene rings is 2. The average molecular weight is 365 g/mol. The number of nitrogen functional groups attached to an aromatic ring is 2. The first kappa shape index (κ1) is 18.6. The summed E-state index contributed by atoms with van der Waals surface area (Å²) in [5.41, 5.74) is 16.8. The van der Waals surface area contributed by atoms with Crippen LogP contribution in [0.4, 0.5) is 21.8 Å². The van der Waals surface area contributed by atoms with Gasteiger partial charge in [0.05, 0.1) is 5.69 Å². The number of nitrogens with two attached hydrogens (primary N) is 2. The summed E-state index contributed by atoms with van der Waals surface area (Å²) in [6, 6.07) is 12.8. The molecule has 6 heteroatoms. The quantitative estimate of drug-likeness (QED) is 0.452. The molecule has 0 fully saturated rings. The summed E-state index contributed by atoms with van der Waals surface area (Å²) in [6.07, 6.45) is 1.37. The molecule has 0 spiro atoms. The molecule has 0 saturated carbocycles. The molecule has 3 rings (SSSR count). The molecule has 0 radical (unpaired) electrons. The number of aromatic nitrogens is 2. The van der Waals surface area contributed by atoms with Gasteiger partial charge in [-0.3, -0.25) is 0 Å². The number of nitrogens with one attached hydrogen (secondary N) is 1. The molecule has 0 unspecified atom stereocenters. The van der Waals surface area contributed by atoms with Crippen molar-refractivity contribution in [3.05, 3.63) is 65.0 Å². The third-order valence-electron chi connectivity index (χ3n) is 4.63. The molecular weight excluding hydrogens is 341 g/mol. The largest absolute Gasteiger partial charge is 0.399 e. The Kier molecular flexibility index (Phi) is 5.54. The monoisotopic (exact) mass is 365 g/mol. The Hall–Kier alpha value is -3.15. The molecule has 2 aromatic carbocycles. The molecule has 3 aromatic rings. The van der Waals surface area contributed by atoms with Crippen LogP contribution in [0.15, 0.2) is 42.5 Å². The molecule has 0 saturated heterocycles. The van der Waals surface area contributed by atoms with E-state index in [1.165, 1.54) is 17.2 Å². The van der Waals surface area contributed by atoms with Crippen LogP contribution in [0, 0.1) is 19.7 Å². The van der Waals surface area contributed by atoms with Gasteiger partial charge in [-0.25, -0.2) is 9.37 Å². The van der Waals surface area contributed by atoms with Crippen LogP contribution in [-0.2, 0) is 6.42 Å². The standard InChI is InChI=1S/C21H24FN5/c1-13-5-3-7-17(14(13)2)19-12-20(27-21(24)26-19)25-10-4-6-15-8-9-16(23)11-18(15)22/h3,5,7-9,11-12H,4,6,10,23H2,1-2H3,(H3,24,25,26,27). The molecule has 0 aliphatic heterocycles. The maximum absolute atomic E-state index is 13.8. The number of anilines is 3. The third kappa shape index (κ3) is 4.53. The summed E-state index contributed by atoms with van der Waals surface area (Å²) in [4.78, 5) is 8.62. The fourth-order valence-corrected chi connectivity index (χ4v) is 2.98. The summed E-state index contributed by atoms with van der Waals surface area (Å²) in [6.45, 7) is 4.78. The van der Waals surface area contributed by atoms with Crippen LogP contribution >= 0.6 is 0 Å². The van der Waals surface area contributed by atoms with Crippen molar-refractivity contribution in [2.24, 2.45) is 0 Å². The van der Waals surface area contributed by atoms with Crippen molar-refractivity contribution in [2.75, 3.05) is 23.3 Å². The highest BCUT2D eigenvalue weighted by Crippen LogP contribution is 2.26. The molecule has 5 N–H and O–H groups in total. The van der Waals surface area contributed by atoms with E-state index in [0.29, 0.717) is 30.0 Å². The van der Waals surface area contributed by atoms with Crippen LogP contribution in [0.1, 0.15) is 23.1 Å². The fourth-order valence-electron chi connectivity index (χ4n) is 2.98. The first-order chi connectivity index (χ1) is 12.9. The Balaban J connectivity index is 1.67. The second kappa shape index (κ2) is 8.03. The molecule has 5 nitrogen and oxygen atoms in total. The van der Waals surface area contributed by atoms with Crippen molar-refractivity contribution in [2.45, 2.75) is 26.7 Å². The van der Waals surface area contributed by atoms with Crippen LogP contribution in [0.2, 0.25) is 0 Å². The highest BCUT2D eigenvalue weighted by Gasteiger charge is 2.09. The molecule has 1 heterocycles. The van der Waals surface area contributed by atoms with Gasteiger partial charge in [-0.1, -0.05) is 24.3 Å².